The number of anilines is 1. The fraction of sp³-hybridized carbons (Fsp3) is 0.250. The maximum atomic E-state index is 14.7. The van der Waals surface area contributed by atoms with Gasteiger partial charge < -0.3 is 14.6 Å². The number of amides is 1. The Morgan fingerprint density at radius 3 is 2.82 bits per heavy atom. The number of halogens is 1. The number of nitrogens with zero attached hydrogens (tertiary/aromatic N) is 5. The highest BCUT2D eigenvalue weighted by atomic mass is 19.1. The second-order valence-corrected chi connectivity index (χ2v) is 8.23. The van der Waals surface area contributed by atoms with Crippen LogP contribution < -0.4 is 5.32 Å². The number of aryl methyl sites for hydroxylation is 2. The van der Waals surface area contributed by atoms with Crippen molar-refractivity contribution in [2.75, 3.05) is 25.5 Å². The number of hydrogen-bond acceptors (Lipinski definition) is 6. The molecule has 0 bridgehead atoms. The van der Waals surface area contributed by atoms with E-state index in [1.807, 2.05) is 6.20 Å². The highest BCUT2D eigenvalue weighted by molar-refractivity contribution is 6.03. The van der Waals surface area contributed by atoms with Gasteiger partial charge in [-0.15, -0.1) is 0 Å². The van der Waals surface area contributed by atoms with Crippen molar-refractivity contribution in [1.29, 1.82) is 0 Å². The van der Waals surface area contributed by atoms with E-state index in [9.17, 15) is 9.18 Å². The molecule has 9 heteroatoms. The van der Waals surface area contributed by atoms with Crippen molar-refractivity contribution in [2.24, 2.45) is 0 Å². The van der Waals surface area contributed by atoms with Crippen LogP contribution in [0.3, 0.4) is 0 Å². The van der Waals surface area contributed by atoms with Crippen LogP contribution in [0.2, 0.25) is 0 Å². The number of fused-ring (bicyclic) bond motifs is 1. The second kappa shape index (κ2) is 8.25. The number of rotatable bonds is 4. The molecule has 1 aliphatic rings. The first-order chi connectivity index (χ1) is 15.9. The molecule has 168 valence electrons. The van der Waals surface area contributed by atoms with Gasteiger partial charge in [0.25, 0.3) is 5.91 Å². The first-order valence-corrected chi connectivity index (χ1v) is 10.7. The van der Waals surface area contributed by atoms with Crippen LogP contribution in [0.4, 0.5) is 10.1 Å². The summed E-state index contributed by atoms with van der Waals surface area (Å²) in [6.07, 6.45) is 8.72. The molecular formula is C24H23FN6O2. The highest BCUT2D eigenvalue weighted by Crippen LogP contribution is 2.27. The summed E-state index contributed by atoms with van der Waals surface area (Å²) in [5.41, 5.74) is 3.83. The fourth-order valence-corrected chi connectivity index (χ4v) is 4.01. The van der Waals surface area contributed by atoms with E-state index in [0.717, 1.165) is 25.1 Å². The lowest BCUT2D eigenvalue weighted by Crippen LogP contribution is -2.25. The van der Waals surface area contributed by atoms with Crippen LogP contribution >= 0.6 is 0 Å². The summed E-state index contributed by atoms with van der Waals surface area (Å²) >= 11 is 0. The molecule has 1 N–H and O–H groups in total. The Morgan fingerprint density at radius 1 is 1.21 bits per heavy atom. The Morgan fingerprint density at radius 2 is 2.06 bits per heavy atom. The van der Waals surface area contributed by atoms with E-state index in [-0.39, 0.29) is 11.3 Å². The van der Waals surface area contributed by atoms with Gasteiger partial charge >= 0.3 is 0 Å². The SMILES string of the molecule is Cc1nc(C)c(C(=O)Nc2ccc(F)c(-c3cn4cc(C5=CCCN(C)C5)cnc4n3)c2)o1. The molecule has 4 heterocycles. The molecule has 5 rings (SSSR count). The third-order valence-electron chi connectivity index (χ3n) is 5.63. The highest BCUT2D eigenvalue weighted by Gasteiger charge is 2.18. The minimum atomic E-state index is -0.447. The van der Waals surface area contributed by atoms with Crippen molar-refractivity contribution >= 4 is 22.9 Å². The zero-order valence-electron chi connectivity index (χ0n) is 18.6. The Hall–Kier alpha value is -3.85. The van der Waals surface area contributed by atoms with Crippen molar-refractivity contribution in [2.45, 2.75) is 20.3 Å². The zero-order chi connectivity index (χ0) is 23.1. The van der Waals surface area contributed by atoms with Crippen molar-refractivity contribution < 1.29 is 13.6 Å². The molecular weight excluding hydrogens is 423 g/mol. The second-order valence-electron chi connectivity index (χ2n) is 8.23. The molecule has 0 saturated heterocycles. The van der Waals surface area contributed by atoms with Crippen molar-refractivity contribution in [3.8, 4) is 11.3 Å². The first kappa shape index (κ1) is 21.0. The average Bonchev–Trinajstić information content (AvgIpc) is 3.36. The maximum Gasteiger partial charge on any atom is 0.293 e. The fourth-order valence-electron chi connectivity index (χ4n) is 4.01. The van der Waals surface area contributed by atoms with Crippen LogP contribution in [0.5, 0.6) is 0 Å². The summed E-state index contributed by atoms with van der Waals surface area (Å²) < 4.78 is 21.9. The minimum Gasteiger partial charge on any atom is -0.436 e. The normalized spacial score (nSPS) is 14.5. The quantitative estimate of drug-likeness (QED) is 0.508. The monoisotopic (exact) mass is 446 g/mol. The number of carbonyl (C=O) groups is 1. The van der Waals surface area contributed by atoms with Gasteiger partial charge in [0.1, 0.15) is 5.82 Å². The smallest absolute Gasteiger partial charge is 0.293 e. The number of oxazole rings is 1. The number of benzene rings is 1. The first-order valence-electron chi connectivity index (χ1n) is 10.7. The van der Waals surface area contributed by atoms with Gasteiger partial charge in [0, 0.05) is 55.4 Å². The largest absolute Gasteiger partial charge is 0.436 e. The lowest BCUT2D eigenvalue weighted by atomic mass is 10.0. The Bertz CT molecular complexity index is 1400. The van der Waals surface area contributed by atoms with Gasteiger partial charge in [-0.25, -0.2) is 19.3 Å². The molecule has 1 aromatic carbocycles. The standard InChI is InChI=1S/C24H23FN6O2/c1-14-22(33-15(2)27-14)23(32)28-18-6-7-20(25)19(9-18)21-13-31-12-17(10-26-24(31)29-21)16-5-4-8-30(3)11-16/h5-7,9-10,12-13H,4,8,11H2,1-3H3,(H,28,32). The molecule has 0 unspecified atom stereocenters. The summed E-state index contributed by atoms with van der Waals surface area (Å²) in [4.78, 5) is 27.9. The molecule has 33 heavy (non-hydrogen) atoms. The van der Waals surface area contributed by atoms with Gasteiger partial charge in [-0.1, -0.05) is 6.08 Å². The van der Waals surface area contributed by atoms with E-state index in [2.05, 4.69) is 38.3 Å². The Balaban J connectivity index is 1.45. The van der Waals surface area contributed by atoms with E-state index in [1.165, 1.54) is 17.7 Å². The summed E-state index contributed by atoms with van der Waals surface area (Å²) in [5.74, 6) is 0.118. The van der Waals surface area contributed by atoms with Gasteiger partial charge in [-0.3, -0.25) is 9.20 Å². The summed E-state index contributed by atoms with van der Waals surface area (Å²) in [6, 6.07) is 4.34. The molecule has 8 nitrogen and oxygen atoms in total. The van der Waals surface area contributed by atoms with E-state index >= 15 is 0 Å². The van der Waals surface area contributed by atoms with Gasteiger partial charge in [-0.2, -0.15) is 0 Å². The number of carbonyl (C=O) groups excluding carboxylic acids is 1. The molecule has 0 aliphatic carbocycles. The third-order valence-corrected chi connectivity index (χ3v) is 5.63. The van der Waals surface area contributed by atoms with E-state index in [1.54, 1.807) is 36.7 Å². The maximum absolute atomic E-state index is 14.7. The molecule has 1 amide bonds. The van der Waals surface area contributed by atoms with Crippen LogP contribution in [-0.4, -0.2) is 50.3 Å². The van der Waals surface area contributed by atoms with Crippen LogP contribution in [0.1, 0.15) is 34.1 Å². The lowest BCUT2D eigenvalue weighted by Gasteiger charge is -2.22. The number of likely N-dealkylation sites (N-methyl/N-ethyl adjacent to an activating group) is 1. The van der Waals surface area contributed by atoms with Crippen molar-refractivity contribution in [3.05, 3.63) is 71.6 Å². The number of hydrogen-bond donors (Lipinski definition) is 1. The molecule has 1 aliphatic heterocycles. The third kappa shape index (κ3) is 4.14. The topological polar surface area (TPSA) is 88.6 Å². The predicted octanol–water partition coefficient (Wildman–Crippen LogP) is 4.11. The van der Waals surface area contributed by atoms with Crippen LogP contribution in [0.15, 0.2) is 47.3 Å². The molecule has 0 fully saturated rings. The molecule has 3 aromatic heterocycles. The molecule has 0 spiro atoms. The van der Waals surface area contributed by atoms with Crippen LogP contribution in [-0.2, 0) is 0 Å². The summed E-state index contributed by atoms with van der Waals surface area (Å²) in [7, 11) is 2.09. The predicted molar refractivity (Wildman–Crippen MR) is 122 cm³/mol. The van der Waals surface area contributed by atoms with Crippen LogP contribution in [0.25, 0.3) is 22.6 Å². The van der Waals surface area contributed by atoms with Crippen LogP contribution in [0, 0.1) is 19.7 Å². The van der Waals surface area contributed by atoms with E-state index in [4.69, 9.17) is 4.42 Å². The zero-order valence-corrected chi connectivity index (χ0v) is 18.6. The summed E-state index contributed by atoms with van der Waals surface area (Å²) in [6.45, 7) is 5.26. The summed E-state index contributed by atoms with van der Waals surface area (Å²) in [5, 5.41) is 2.74. The lowest BCUT2D eigenvalue weighted by molar-refractivity contribution is 0.0994. The number of imidazole rings is 1. The minimum absolute atomic E-state index is 0.130. The molecule has 0 saturated carbocycles. The van der Waals surface area contributed by atoms with E-state index < -0.39 is 11.7 Å². The average molecular weight is 446 g/mol. The van der Waals surface area contributed by atoms with Crippen molar-refractivity contribution in [3.63, 3.8) is 0 Å². The van der Waals surface area contributed by atoms with Gasteiger partial charge in [-0.05, 0) is 44.2 Å². The molecule has 0 radical (unpaired) electrons. The molecule has 4 aromatic rings. The number of aromatic nitrogens is 4. The van der Waals surface area contributed by atoms with Crippen molar-refractivity contribution in [1.82, 2.24) is 24.3 Å². The molecule has 0 atom stereocenters. The number of nitrogens with one attached hydrogen (secondary N) is 1. The van der Waals surface area contributed by atoms with Gasteiger partial charge in [0.15, 0.2) is 5.89 Å². The van der Waals surface area contributed by atoms with E-state index in [0.29, 0.717) is 28.7 Å². The Labute approximate surface area is 189 Å². The Kier molecular flexibility index (Phi) is 5.26. The van der Waals surface area contributed by atoms with Gasteiger partial charge in [0.2, 0.25) is 11.5 Å². The van der Waals surface area contributed by atoms with Gasteiger partial charge in [0.05, 0.1) is 11.4 Å².